The van der Waals surface area contributed by atoms with E-state index in [2.05, 4.69) is 5.10 Å². The van der Waals surface area contributed by atoms with E-state index in [0.29, 0.717) is 17.9 Å². The Balaban J connectivity index is 1.59. The average molecular weight is 284 g/mol. The third kappa shape index (κ3) is 3.31. The van der Waals surface area contributed by atoms with Crippen molar-refractivity contribution in [3.8, 4) is 5.75 Å². The summed E-state index contributed by atoms with van der Waals surface area (Å²) in [5.74, 6) is 0.702. The van der Waals surface area contributed by atoms with Gasteiger partial charge in [-0.1, -0.05) is 0 Å². The molecule has 0 aliphatic carbocycles. The highest BCUT2D eigenvalue weighted by atomic mass is 16.5. The molecule has 0 radical (unpaired) electrons. The van der Waals surface area contributed by atoms with Crippen LogP contribution in [-0.4, -0.2) is 16.4 Å². The van der Waals surface area contributed by atoms with Crippen LogP contribution in [0.2, 0.25) is 0 Å². The summed E-state index contributed by atoms with van der Waals surface area (Å²) in [6.45, 7) is 3.42. The second-order valence-corrected chi connectivity index (χ2v) is 4.94. The first-order valence-corrected chi connectivity index (χ1v) is 6.86. The fourth-order valence-electron chi connectivity index (χ4n) is 2.14. The monoisotopic (exact) mass is 284 g/mol. The molecule has 0 saturated heterocycles. The van der Waals surface area contributed by atoms with Crippen LogP contribution in [0.1, 0.15) is 12.0 Å². The molecule has 0 bridgehead atoms. The van der Waals surface area contributed by atoms with E-state index in [1.165, 1.54) is 6.07 Å². The largest absolute Gasteiger partial charge is 0.493 e. The zero-order valence-corrected chi connectivity index (χ0v) is 11.8. The van der Waals surface area contributed by atoms with Crippen LogP contribution in [0.3, 0.4) is 0 Å². The Morgan fingerprint density at radius 3 is 2.95 bits per heavy atom. The van der Waals surface area contributed by atoms with Crippen LogP contribution < -0.4 is 10.4 Å². The van der Waals surface area contributed by atoms with Crippen molar-refractivity contribution in [2.24, 2.45) is 0 Å². The van der Waals surface area contributed by atoms with Crippen LogP contribution in [0.5, 0.6) is 5.75 Å². The molecule has 0 aliphatic heterocycles. The van der Waals surface area contributed by atoms with Crippen molar-refractivity contribution in [3.63, 3.8) is 0 Å². The van der Waals surface area contributed by atoms with E-state index in [1.807, 2.05) is 36.1 Å². The average Bonchev–Trinajstić information content (AvgIpc) is 2.89. The van der Waals surface area contributed by atoms with Gasteiger partial charge in [-0.15, -0.1) is 0 Å². The van der Waals surface area contributed by atoms with E-state index in [0.717, 1.165) is 23.9 Å². The van der Waals surface area contributed by atoms with Crippen molar-refractivity contribution < 1.29 is 9.15 Å². The van der Waals surface area contributed by atoms with E-state index in [9.17, 15) is 4.79 Å². The van der Waals surface area contributed by atoms with Crippen molar-refractivity contribution in [2.45, 2.75) is 19.9 Å². The highest BCUT2D eigenvalue weighted by Gasteiger charge is 2.01. The number of hydrogen-bond acceptors (Lipinski definition) is 4. The Hall–Kier alpha value is -2.56. The Morgan fingerprint density at radius 2 is 2.14 bits per heavy atom. The molecule has 0 saturated carbocycles. The Kier molecular flexibility index (Phi) is 3.73. The van der Waals surface area contributed by atoms with Gasteiger partial charge in [0, 0.05) is 36.7 Å². The first-order chi connectivity index (χ1) is 10.2. The van der Waals surface area contributed by atoms with Gasteiger partial charge in [-0.05, 0) is 30.7 Å². The molecule has 5 heteroatoms. The standard InChI is InChI=1S/C16H16N2O3/c1-12-10-17-18(11-12)7-2-8-20-14-5-3-13-4-6-16(19)21-15(13)9-14/h3-6,9-11H,2,7-8H2,1H3. The lowest BCUT2D eigenvalue weighted by molar-refractivity contribution is 0.298. The van der Waals surface area contributed by atoms with Crippen molar-refractivity contribution in [3.05, 3.63) is 58.7 Å². The lowest BCUT2D eigenvalue weighted by Crippen LogP contribution is -2.05. The van der Waals surface area contributed by atoms with Crippen LogP contribution in [0.15, 0.2) is 51.9 Å². The molecule has 0 unspecified atom stereocenters. The second-order valence-electron chi connectivity index (χ2n) is 4.94. The minimum Gasteiger partial charge on any atom is -0.493 e. The third-order valence-electron chi connectivity index (χ3n) is 3.16. The molecule has 0 fully saturated rings. The van der Waals surface area contributed by atoms with Crippen LogP contribution >= 0.6 is 0 Å². The Morgan fingerprint density at radius 1 is 1.29 bits per heavy atom. The normalized spacial score (nSPS) is 10.9. The molecule has 0 atom stereocenters. The minimum atomic E-state index is -0.353. The van der Waals surface area contributed by atoms with E-state index in [-0.39, 0.29) is 5.63 Å². The Bertz CT molecular complexity index is 804. The summed E-state index contributed by atoms with van der Waals surface area (Å²) in [7, 11) is 0. The maximum Gasteiger partial charge on any atom is 0.336 e. The van der Waals surface area contributed by atoms with Crippen molar-refractivity contribution in [1.29, 1.82) is 0 Å². The molecule has 2 aromatic heterocycles. The SMILES string of the molecule is Cc1cnn(CCCOc2ccc3ccc(=O)oc3c2)c1. The molecule has 0 N–H and O–H groups in total. The highest BCUT2D eigenvalue weighted by molar-refractivity contribution is 5.77. The van der Waals surface area contributed by atoms with Crippen LogP contribution in [0.25, 0.3) is 11.0 Å². The first-order valence-electron chi connectivity index (χ1n) is 6.86. The zero-order valence-electron chi connectivity index (χ0n) is 11.8. The molecule has 1 aromatic carbocycles. The fourth-order valence-corrected chi connectivity index (χ4v) is 2.14. The smallest absolute Gasteiger partial charge is 0.336 e. The molecule has 2 heterocycles. The number of ether oxygens (including phenoxy) is 1. The molecule has 3 rings (SSSR count). The number of benzene rings is 1. The summed E-state index contributed by atoms with van der Waals surface area (Å²) in [4.78, 5) is 11.2. The molecule has 0 spiro atoms. The fraction of sp³-hybridized carbons (Fsp3) is 0.250. The number of aromatic nitrogens is 2. The summed E-state index contributed by atoms with van der Waals surface area (Å²) < 4.78 is 12.7. The summed E-state index contributed by atoms with van der Waals surface area (Å²) in [5.41, 5.74) is 1.34. The maximum absolute atomic E-state index is 11.2. The van der Waals surface area contributed by atoms with Crippen LogP contribution in [0, 0.1) is 6.92 Å². The quantitative estimate of drug-likeness (QED) is 0.534. The Labute approximate surface area is 121 Å². The summed E-state index contributed by atoms with van der Waals surface area (Å²) in [6, 6.07) is 8.65. The predicted octanol–water partition coefficient (Wildman–Crippen LogP) is 2.77. The van der Waals surface area contributed by atoms with E-state index >= 15 is 0 Å². The number of hydrogen-bond donors (Lipinski definition) is 0. The van der Waals surface area contributed by atoms with E-state index in [1.54, 1.807) is 12.1 Å². The third-order valence-corrected chi connectivity index (χ3v) is 3.16. The van der Waals surface area contributed by atoms with Gasteiger partial charge in [-0.2, -0.15) is 5.10 Å². The zero-order chi connectivity index (χ0) is 14.7. The molecule has 108 valence electrons. The van der Waals surface area contributed by atoms with Crippen molar-refractivity contribution in [2.75, 3.05) is 6.61 Å². The highest BCUT2D eigenvalue weighted by Crippen LogP contribution is 2.19. The lowest BCUT2D eigenvalue weighted by Gasteiger charge is -2.07. The first kappa shape index (κ1) is 13.4. The minimum absolute atomic E-state index is 0.353. The van der Waals surface area contributed by atoms with E-state index in [4.69, 9.17) is 9.15 Å². The van der Waals surface area contributed by atoms with E-state index < -0.39 is 0 Å². The van der Waals surface area contributed by atoms with Gasteiger partial charge in [-0.3, -0.25) is 4.68 Å². The summed E-state index contributed by atoms with van der Waals surface area (Å²) in [6.07, 6.45) is 4.70. The summed E-state index contributed by atoms with van der Waals surface area (Å²) >= 11 is 0. The summed E-state index contributed by atoms with van der Waals surface area (Å²) in [5, 5.41) is 5.11. The van der Waals surface area contributed by atoms with Gasteiger partial charge in [0.2, 0.25) is 0 Å². The van der Waals surface area contributed by atoms with Gasteiger partial charge in [0.15, 0.2) is 0 Å². The number of aryl methyl sites for hydroxylation is 2. The topological polar surface area (TPSA) is 57.3 Å². The molecular weight excluding hydrogens is 268 g/mol. The number of fused-ring (bicyclic) bond motifs is 1. The molecular formula is C16H16N2O3. The van der Waals surface area contributed by atoms with Crippen molar-refractivity contribution >= 4 is 11.0 Å². The maximum atomic E-state index is 11.2. The predicted molar refractivity (Wildman–Crippen MR) is 79.6 cm³/mol. The van der Waals surface area contributed by atoms with Crippen LogP contribution in [-0.2, 0) is 6.54 Å². The number of nitrogens with zero attached hydrogens (tertiary/aromatic N) is 2. The lowest BCUT2D eigenvalue weighted by atomic mass is 10.2. The molecule has 5 nitrogen and oxygen atoms in total. The molecule has 3 aromatic rings. The van der Waals surface area contributed by atoms with Crippen molar-refractivity contribution in [1.82, 2.24) is 9.78 Å². The van der Waals surface area contributed by atoms with Crippen LogP contribution in [0.4, 0.5) is 0 Å². The van der Waals surface area contributed by atoms with Gasteiger partial charge in [0.1, 0.15) is 11.3 Å². The number of rotatable bonds is 5. The van der Waals surface area contributed by atoms with Gasteiger partial charge in [0.25, 0.3) is 0 Å². The van der Waals surface area contributed by atoms with Gasteiger partial charge >= 0.3 is 5.63 Å². The molecule has 0 amide bonds. The second kappa shape index (κ2) is 5.83. The van der Waals surface area contributed by atoms with Gasteiger partial charge in [0.05, 0.1) is 12.8 Å². The molecule has 0 aliphatic rings. The van der Waals surface area contributed by atoms with Gasteiger partial charge < -0.3 is 9.15 Å². The van der Waals surface area contributed by atoms with Gasteiger partial charge in [-0.25, -0.2) is 4.79 Å². The molecule has 21 heavy (non-hydrogen) atoms.